The van der Waals surface area contributed by atoms with Crippen LogP contribution in [0.25, 0.3) is 0 Å². The molecule has 0 bridgehead atoms. The van der Waals surface area contributed by atoms with E-state index in [0.717, 1.165) is 0 Å². The van der Waals surface area contributed by atoms with E-state index in [2.05, 4.69) is 4.74 Å². The zero-order valence-electron chi connectivity index (χ0n) is 10.1. The Morgan fingerprint density at radius 1 is 1.20 bits per heavy atom. The van der Waals surface area contributed by atoms with Crippen molar-refractivity contribution in [2.75, 3.05) is 14.2 Å². The Labute approximate surface area is 90.9 Å². The highest BCUT2D eigenvalue weighted by atomic mass is 16.5. The Balaban J connectivity index is 4.25. The van der Waals surface area contributed by atoms with Crippen molar-refractivity contribution in [3.8, 4) is 0 Å². The molecule has 1 atom stereocenters. The maximum Gasteiger partial charge on any atom is 0.311 e. The number of methoxy groups -OCH3 is 2. The summed E-state index contributed by atoms with van der Waals surface area (Å²) in [7, 11) is 2.73. The molecule has 0 aromatic heterocycles. The smallest absolute Gasteiger partial charge is 0.311 e. The molecule has 0 radical (unpaired) electrons. The summed E-state index contributed by atoms with van der Waals surface area (Å²) in [6, 6.07) is 0. The molecule has 1 unspecified atom stereocenters. The van der Waals surface area contributed by atoms with Gasteiger partial charge in [0.25, 0.3) is 0 Å². The van der Waals surface area contributed by atoms with E-state index in [1.807, 2.05) is 20.8 Å². The molecule has 0 saturated carbocycles. The Morgan fingerprint density at radius 2 is 1.73 bits per heavy atom. The Morgan fingerprint density at radius 3 is 2.13 bits per heavy atom. The van der Waals surface area contributed by atoms with Gasteiger partial charge in [-0.15, -0.1) is 0 Å². The number of hydrogen-bond acceptors (Lipinski definition) is 4. The van der Waals surface area contributed by atoms with Crippen molar-refractivity contribution in [2.45, 2.75) is 33.6 Å². The van der Waals surface area contributed by atoms with E-state index in [-0.39, 0.29) is 17.9 Å². The van der Waals surface area contributed by atoms with Crippen LogP contribution in [0.4, 0.5) is 0 Å². The molecule has 15 heavy (non-hydrogen) atoms. The van der Waals surface area contributed by atoms with Crippen LogP contribution < -0.4 is 0 Å². The van der Waals surface area contributed by atoms with E-state index in [1.165, 1.54) is 14.2 Å². The molecule has 0 aromatic rings. The van der Waals surface area contributed by atoms with E-state index in [1.54, 1.807) is 0 Å². The monoisotopic (exact) mass is 216 g/mol. The molecule has 0 N–H and O–H groups in total. The molecule has 0 amide bonds. The second-order valence-electron chi connectivity index (χ2n) is 4.23. The molecule has 0 heterocycles. The molecular weight excluding hydrogens is 196 g/mol. The van der Waals surface area contributed by atoms with Gasteiger partial charge in [0.1, 0.15) is 0 Å². The van der Waals surface area contributed by atoms with Crippen LogP contribution in [0.5, 0.6) is 0 Å². The van der Waals surface area contributed by atoms with Crippen molar-refractivity contribution >= 4 is 11.9 Å². The average molecular weight is 216 g/mol. The molecule has 0 fully saturated rings. The summed E-state index contributed by atoms with van der Waals surface area (Å²) in [5.41, 5.74) is -0.567. The van der Waals surface area contributed by atoms with Crippen molar-refractivity contribution < 1.29 is 19.1 Å². The van der Waals surface area contributed by atoms with Crippen LogP contribution in [0.2, 0.25) is 0 Å². The van der Waals surface area contributed by atoms with Gasteiger partial charge in [-0.05, 0) is 26.2 Å². The van der Waals surface area contributed by atoms with Gasteiger partial charge < -0.3 is 9.47 Å². The molecule has 0 rings (SSSR count). The molecule has 0 aliphatic rings. The van der Waals surface area contributed by atoms with Gasteiger partial charge in [0, 0.05) is 6.42 Å². The van der Waals surface area contributed by atoms with Crippen LogP contribution in [0.1, 0.15) is 33.6 Å². The third kappa shape index (κ3) is 3.90. The molecule has 0 aromatic carbocycles. The first kappa shape index (κ1) is 13.9. The molecule has 88 valence electrons. The summed E-state index contributed by atoms with van der Waals surface area (Å²) in [5, 5.41) is 0. The van der Waals surface area contributed by atoms with Crippen LogP contribution >= 0.6 is 0 Å². The van der Waals surface area contributed by atoms with Crippen molar-refractivity contribution in [2.24, 2.45) is 11.3 Å². The Hall–Kier alpha value is -1.06. The second-order valence-corrected chi connectivity index (χ2v) is 4.23. The maximum atomic E-state index is 11.5. The molecule has 0 aliphatic carbocycles. The zero-order chi connectivity index (χ0) is 12.1. The van der Waals surface area contributed by atoms with E-state index in [9.17, 15) is 9.59 Å². The third-order valence-corrected chi connectivity index (χ3v) is 2.95. The molecular formula is C11H20O4. The fraction of sp³-hybridized carbons (Fsp3) is 0.818. The van der Waals surface area contributed by atoms with Gasteiger partial charge in [0.15, 0.2) is 0 Å². The van der Waals surface area contributed by atoms with E-state index < -0.39 is 5.41 Å². The van der Waals surface area contributed by atoms with Crippen molar-refractivity contribution in [3.63, 3.8) is 0 Å². The SMILES string of the molecule is COC(=O)CCC(C)C(C)(C)C(=O)OC. The number of esters is 2. The van der Waals surface area contributed by atoms with Gasteiger partial charge >= 0.3 is 11.9 Å². The molecule has 0 aliphatic heterocycles. The van der Waals surface area contributed by atoms with E-state index in [4.69, 9.17) is 4.74 Å². The van der Waals surface area contributed by atoms with Gasteiger partial charge in [0.2, 0.25) is 0 Å². The lowest BCUT2D eigenvalue weighted by molar-refractivity contribution is -0.154. The van der Waals surface area contributed by atoms with Crippen LogP contribution in [0.15, 0.2) is 0 Å². The minimum absolute atomic E-state index is 0.0732. The quantitative estimate of drug-likeness (QED) is 0.657. The summed E-state index contributed by atoms with van der Waals surface area (Å²) >= 11 is 0. The predicted molar refractivity (Wildman–Crippen MR) is 56.2 cm³/mol. The van der Waals surface area contributed by atoms with Crippen molar-refractivity contribution in [1.29, 1.82) is 0 Å². The molecule has 0 saturated heterocycles. The first-order valence-corrected chi connectivity index (χ1v) is 5.01. The lowest BCUT2D eigenvalue weighted by atomic mass is 9.77. The van der Waals surface area contributed by atoms with E-state index in [0.29, 0.717) is 12.8 Å². The average Bonchev–Trinajstić information content (AvgIpc) is 2.23. The summed E-state index contributed by atoms with van der Waals surface area (Å²) in [5.74, 6) is -0.425. The zero-order valence-corrected chi connectivity index (χ0v) is 10.1. The minimum atomic E-state index is -0.567. The number of ether oxygens (including phenoxy) is 2. The number of carbonyl (C=O) groups excluding carboxylic acids is 2. The first-order valence-electron chi connectivity index (χ1n) is 5.01. The third-order valence-electron chi connectivity index (χ3n) is 2.95. The van der Waals surface area contributed by atoms with Crippen LogP contribution in [0, 0.1) is 11.3 Å². The summed E-state index contributed by atoms with van der Waals surface area (Å²) in [4.78, 5) is 22.4. The first-order chi connectivity index (χ1) is 6.86. The Kier molecular flexibility index (Phi) is 5.33. The van der Waals surface area contributed by atoms with Crippen LogP contribution in [0.3, 0.4) is 0 Å². The predicted octanol–water partition coefficient (Wildman–Crippen LogP) is 1.77. The molecule has 0 spiro atoms. The van der Waals surface area contributed by atoms with Gasteiger partial charge in [0.05, 0.1) is 19.6 Å². The van der Waals surface area contributed by atoms with Crippen LogP contribution in [-0.4, -0.2) is 26.2 Å². The van der Waals surface area contributed by atoms with Crippen LogP contribution in [-0.2, 0) is 19.1 Å². The van der Waals surface area contributed by atoms with Gasteiger partial charge in [-0.25, -0.2) is 0 Å². The van der Waals surface area contributed by atoms with E-state index >= 15 is 0 Å². The van der Waals surface area contributed by atoms with Gasteiger partial charge in [-0.1, -0.05) is 6.92 Å². The highest BCUT2D eigenvalue weighted by Crippen LogP contribution is 2.31. The topological polar surface area (TPSA) is 52.6 Å². The highest BCUT2D eigenvalue weighted by Gasteiger charge is 2.34. The minimum Gasteiger partial charge on any atom is -0.469 e. The lowest BCUT2D eigenvalue weighted by Crippen LogP contribution is -2.32. The summed E-state index contributed by atoms with van der Waals surface area (Å²) < 4.78 is 9.26. The number of carbonyl (C=O) groups is 2. The van der Waals surface area contributed by atoms with Gasteiger partial charge in [-0.2, -0.15) is 0 Å². The second kappa shape index (κ2) is 5.73. The normalized spacial score (nSPS) is 13.1. The lowest BCUT2D eigenvalue weighted by Gasteiger charge is -2.28. The standard InChI is InChI=1S/C11H20O4/c1-8(6-7-9(12)14-4)11(2,3)10(13)15-5/h8H,6-7H2,1-5H3. The van der Waals surface area contributed by atoms with Crippen molar-refractivity contribution in [3.05, 3.63) is 0 Å². The largest absolute Gasteiger partial charge is 0.469 e. The fourth-order valence-electron chi connectivity index (χ4n) is 1.26. The number of rotatable bonds is 5. The maximum absolute atomic E-state index is 11.5. The number of hydrogen-bond donors (Lipinski definition) is 0. The molecule has 4 heteroatoms. The summed E-state index contributed by atoms with van der Waals surface area (Å²) in [6.07, 6.45) is 0.951. The van der Waals surface area contributed by atoms with Gasteiger partial charge in [-0.3, -0.25) is 9.59 Å². The van der Waals surface area contributed by atoms with Crippen molar-refractivity contribution in [1.82, 2.24) is 0 Å². The Bertz CT molecular complexity index is 233. The summed E-state index contributed by atoms with van der Waals surface area (Å²) in [6.45, 7) is 5.57. The highest BCUT2D eigenvalue weighted by molar-refractivity contribution is 5.76. The fourth-order valence-corrected chi connectivity index (χ4v) is 1.26. The molecule has 4 nitrogen and oxygen atoms in total.